The average Bonchev–Trinajstić information content (AvgIpc) is 2.96. The number of carbonyl (C=O) groups excluding carboxylic acids is 1. The second kappa shape index (κ2) is 5.42. The van der Waals surface area contributed by atoms with Crippen molar-refractivity contribution in [1.29, 1.82) is 10.7 Å². The van der Waals surface area contributed by atoms with Crippen molar-refractivity contribution in [3.05, 3.63) is 77.0 Å². The number of para-hydroxylation sites is 2. The lowest BCUT2D eigenvalue weighted by atomic mass is 10.1. The molecule has 0 saturated carbocycles. The summed E-state index contributed by atoms with van der Waals surface area (Å²) in [6.07, 6.45) is 0. The van der Waals surface area contributed by atoms with Crippen LogP contribution in [0.2, 0.25) is 0 Å². The number of ketones is 1. The van der Waals surface area contributed by atoms with E-state index in [0.717, 1.165) is 11.0 Å². The summed E-state index contributed by atoms with van der Waals surface area (Å²) in [4.78, 5) is 17.0. The first-order valence-corrected chi connectivity index (χ1v) is 7.68. The van der Waals surface area contributed by atoms with Gasteiger partial charge in [-0.05, 0) is 12.1 Å². The summed E-state index contributed by atoms with van der Waals surface area (Å²) in [5.74, 6) is -0.371. The molecule has 0 amide bonds. The molecule has 2 heterocycles. The van der Waals surface area contributed by atoms with Crippen molar-refractivity contribution in [2.75, 3.05) is 0 Å². The van der Waals surface area contributed by atoms with Gasteiger partial charge in [-0.3, -0.25) is 14.6 Å². The first kappa shape index (κ1) is 14.8. The first-order valence-electron chi connectivity index (χ1n) is 7.68. The molecule has 0 aliphatic heterocycles. The zero-order valence-corrected chi connectivity index (χ0v) is 13.4. The number of nitrogens with one attached hydrogen (secondary N) is 1. The molecule has 25 heavy (non-hydrogen) atoms. The monoisotopic (exact) mass is 327 g/mol. The molecule has 0 saturated heterocycles. The number of nitriles is 1. The fourth-order valence-electron chi connectivity index (χ4n) is 3.09. The van der Waals surface area contributed by atoms with E-state index < -0.39 is 0 Å². The third-order valence-corrected chi connectivity index (χ3v) is 4.25. The minimum Gasteiger partial charge on any atom is -0.326 e. The topological polar surface area (TPSA) is 86.9 Å². The lowest BCUT2D eigenvalue weighted by molar-refractivity contribution is 0.103. The predicted molar refractivity (Wildman–Crippen MR) is 92.1 cm³/mol. The summed E-state index contributed by atoms with van der Waals surface area (Å²) in [5, 5.41) is 18.1. The molecule has 0 fully saturated rings. The molecule has 2 aromatic carbocycles. The van der Waals surface area contributed by atoms with Gasteiger partial charge in [0.15, 0.2) is 22.5 Å². The van der Waals surface area contributed by atoms with E-state index in [2.05, 4.69) is 11.1 Å². The molecule has 0 atom stereocenters. The zero-order valence-electron chi connectivity index (χ0n) is 13.4. The van der Waals surface area contributed by atoms with Gasteiger partial charge in [0.05, 0.1) is 11.0 Å². The van der Waals surface area contributed by atoms with E-state index in [9.17, 15) is 10.1 Å². The smallest absolute Gasteiger partial charge is 0.215 e. The van der Waals surface area contributed by atoms with Gasteiger partial charge in [-0.15, -0.1) is 0 Å². The normalized spacial score (nSPS) is 10.9. The molecular formula is C19H13N5O. The standard InChI is InChI=1S/C19H13N5O/c1-23-14-9-5-6-10-15(14)24-18(21)16(22-13(11-20)19(23)24)17(25)12-7-3-2-4-8-12/h2-10,21H,1H3. The molecule has 0 radical (unpaired) electrons. The lowest BCUT2D eigenvalue weighted by Crippen LogP contribution is -2.26. The number of hydrogen-bond donors (Lipinski definition) is 1. The van der Waals surface area contributed by atoms with Crippen molar-refractivity contribution < 1.29 is 4.79 Å². The molecular weight excluding hydrogens is 314 g/mol. The highest BCUT2D eigenvalue weighted by Crippen LogP contribution is 2.20. The van der Waals surface area contributed by atoms with Gasteiger partial charge in [0, 0.05) is 12.6 Å². The predicted octanol–water partition coefficient (Wildman–Crippen LogP) is 2.41. The number of imidazole rings is 1. The second-order valence-electron chi connectivity index (χ2n) is 5.67. The summed E-state index contributed by atoms with van der Waals surface area (Å²) in [7, 11) is 1.82. The summed E-state index contributed by atoms with van der Waals surface area (Å²) >= 11 is 0. The van der Waals surface area contributed by atoms with E-state index in [4.69, 9.17) is 5.41 Å². The van der Waals surface area contributed by atoms with Crippen molar-refractivity contribution in [3.8, 4) is 6.07 Å². The number of nitrogens with zero attached hydrogens (tertiary/aromatic N) is 4. The van der Waals surface area contributed by atoms with Crippen LogP contribution in [0.1, 0.15) is 21.7 Å². The van der Waals surface area contributed by atoms with Gasteiger partial charge in [0.2, 0.25) is 5.78 Å². The van der Waals surface area contributed by atoms with Gasteiger partial charge in [-0.1, -0.05) is 42.5 Å². The Morgan fingerprint density at radius 1 is 1.08 bits per heavy atom. The Balaban J connectivity index is 2.14. The molecule has 120 valence electrons. The van der Waals surface area contributed by atoms with E-state index in [0.29, 0.717) is 11.2 Å². The minimum atomic E-state index is -0.371. The Morgan fingerprint density at radius 2 is 1.72 bits per heavy atom. The Hall–Kier alpha value is -3.72. The van der Waals surface area contributed by atoms with Crippen LogP contribution >= 0.6 is 0 Å². The van der Waals surface area contributed by atoms with Gasteiger partial charge >= 0.3 is 0 Å². The highest BCUT2D eigenvalue weighted by molar-refractivity contribution is 6.07. The Kier molecular flexibility index (Phi) is 3.22. The molecule has 0 bridgehead atoms. The highest BCUT2D eigenvalue weighted by atomic mass is 16.1. The molecule has 4 rings (SSSR count). The number of aryl methyl sites for hydroxylation is 1. The Morgan fingerprint density at radius 3 is 2.40 bits per heavy atom. The summed E-state index contributed by atoms with van der Waals surface area (Å²) < 4.78 is 3.42. The van der Waals surface area contributed by atoms with Crippen molar-refractivity contribution in [1.82, 2.24) is 14.0 Å². The van der Waals surface area contributed by atoms with Crippen LogP contribution in [0.4, 0.5) is 0 Å². The molecule has 0 aliphatic rings. The summed E-state index contributed by atoms with van der Waals surface area (Å²) in [6, 6.07) is 18.2. The maximum absolute atomic E-state index is 12.8. The number of aromatic nitrogens is 3. The van der Waals surface area contributed by atoms with Crippen LogP contribution in [0, 0.1) is 16.7 Å². The summed E-state index contributed by atoms with van der Waals surface area (Å²) in [5.41, 5.74) is 2.61. The van der Waals surface area contributed by atoms with Gasteiger partial charge in [-0.25, -0.2) is 4.98 Å². The molecule has 2 aromatic heterocycles. The van der Waals surface area contributed by atoms with E-state index in [1.54, 1.807) is 28.7 Å². The van der Waals surface area contributed by atoms with Crippen molar-refractivity contribution in [3.63, 3.8) is 0 Å². The van der Waals surface area contributed by atoms with Crippen LogP contribution in [0.3, 0.4) is 0 Å². The molecule has 0 aliphatic carbocycles. The van der Waals surface area contributed by atoms with Crippen LogP contribution in [0.25, 0.3) is 16.7 Å². The van der Waals surface area contributed by atoms with Crippen LogP contribution in [-0.4, -0.2) is 19.7 Å². The quantitative estimate of drug-likeness (QED) is 0.574. The van der Waals surface area contributed by atoms with E-state index >= 15 is 0 Å². The van der Waals surface area contributed by atoms with Crippen LogP contribution < -0.4 is 5.49 Å². The van der Waals surface area contributed by atoms with Crippen LogP contribution in [0.15, 0.2) is 54.6 Å². The fourth-order valence-corrected chi connectivity index (χ4v) is 3.09. The third kappa shape index (κ3) is 2.07. The lowest BCUT2D eigenvalue weighted by Gasteiger charge is -2.06. The van der Waals surface area contributed by atoms with E-state index in [1.807, 2.05) is 41.9 Å². The summed E-state index contributed by atoms with van der Waals surface area (Å²) in [6.45, 7) is 0. The third-order valence-electron chi connectivity index (χ3n) is 4.25. The number of fused-ring (bicyclic) bond motifs is 3. The van der Waals surface area contributed by atoms with Gasteiger partial charge in [-0.2, -0.15) is 5.26 Å². The Labute approximate surface area is 142 Å². The minimum absolute atomic E-state index is 0.0281. The Bertz CT molecular complexity index is 1240. The SMILES string of the molecule is Cn1c2ccccc2n2c(=N)c(C(=O)c3ccccc3)nc(C#N)c12. The zero-order chi connectivity index (χ0) is 17.6. The number of carbonyl (C=O) groups is 1. The average molecular weight is 327 g/mol. The van der Waals surface area contributed by atoms with Gasteiger partial charge in [0.1, 0.15) is 6.07 Å². The molecule has 6 nitrogen and oxygen atoms in total. The van der Waals surface area contributed by atoms with E-state index in [-0.39, 0.29) is 22.7 Å². The van der Waals surface area contributed by atoms with Crippen molar-refractivity contribution in [2.24, 2.45) is 7.05 Å². The van der Waals surface area contributed by atoms with Gasteiger partial charge < -0.3 is 4.57 Å². The molecule has 1 N–H and O–H groups in total. The van der Waals surface area contributed by atoms with Gasteiger partial charge in [0.25, 0.3) is 0 Å². The maximum atomic E-state index is 12.8. The first-order chi connectivity index (χ1) is 12.1. The van der Waals surface area contributed by atoms with Crippen LogP contribution in [-0.2, 0) is 7.05 Å². The number of hydrogen-bond acceptors (Lipinski definition) is 4. The number of rotatable bonds is 2. The van der Waals surface area contributed by atoms with Crippen LogP contribution in [0.5, 0.6) is 0 Å². The molecule has 0 unspecified atom stereocenters. The maximum Gasteiger partial charge on any atom is 0.215 e. The van der Waals surface area contributed by atoms with Crippen molar-refractivity contribution >= 4 is 22.5 Å². The molecule has 0 spiro atoms. The molecule has 6 heteroatoms. The second-order valence-corrected chi connectivity index (χ2v) is 5.67. The fraction of sp³-hybridized carbons (Fsp3) is 0.0526. The number of benzene rings is 2. The highest BCUT2D eigenvalue weighted by Gasteiger charge is 2.20. The van der Waals surface area contributed by atoms with E-state index in [1.165, 1.54) is 0 Å². The largest absolute Gasteiger partial charge is 0.326 e. The van der Waals surface area contributed by atoms with Crippen molar-refractivity contribution in [2.45, 2.75) is 0 Å². The molecule has 4 aromatic rings.